The SMILES string of the molecule is CC(=O)N(CCC(=O)Nc1cccc(Cl)c1Cl)Cc1ccccc1. The van der Waals surface area contributed by atoms with Crippen molar-refractivity contribution in [3.8, 4) is 0 Å². The van der Waals surface area contributed by atoms with Gasteiger partial charge in [0.15, 0.2) is 0 Å². The molecule has 0 atom stereocenters. The van der Waals surface area contributed by atoms with Gasteiger partial charge in [-0.2, -0.15) is 0 Å². The maximum Gasteiger partial charge on any atom is 0.226 e. The lowest BCUT2D eigenvalue weighted by Gasteiger charge is -2.21. The predicted octanol–water partition coefficient (Wildman–Crippen LogP) is 4.37. The van der Waals surface area contributed by atoms with Crippen molar-refractivity contribution in [2.75, 3.05) is 11.9 Å². The Bertz CT molecular complexity index is 720. The molecule has 6 heteroatoms. The first-order valence-corrected chi connectivity index (χ1v) is 8.26. The van der Waals surface area contributed by atoms with E-state index in [1.54, 1.807) is 23.1 Å². The number of halogens is 2. The van der Waals surface area contributed by atoms with Crippen molar-refractivity contribution >= 4 is 40.7 Å². The Labute approximate surface area is 151 Å². The highest BCUT2D eigenvalue weighted by Gasteiger charge is 2.13. The van der Waals surface area contributed by atoms with E-state index in [1.165, 1.54) is 6.92 Å². The Morgan fingerprint density at radius 2 is 1.75 bits per heavy atom. The largest absolute Gasteiger partial charge is 0.338 e. The zero-order valence-electron chi connectivity index (χ0n) is 13.3. The summed E-state index contributed by atoms with van der Waals surface area (Å²) >= 11 is 12.0. The molecule has 0 fully saturated rings. The summed E-state index contributed by atoms with van der Waals surface area (Å²) in [7, 11) is 0. The maximum absolute atomic E-state index is 12.1. The second-order valence-electron chi connectivity index (χ2n) is 5.33. The third-order valence-electron chi connectivity index (χ3n) is 3.50. The fraction of sp³-hybridized carbons (Fsp3) is 0.222. The maximum atomic E-state index is 12.1. The van der Waals surface area contributed by atoms with Crippen LogP contribution in [-0.2, 0) is 16.1 Å². The number of hydrogen-bond donors (Lipinski definition) is 1. The number of carbonyl (C=O) groups excluding carboxylic acids is 2. The molecule has 0 aliphatic rings. The van der Waals surface area contributed by atoms with Crippen LogP contribution in [0.5, 0.6) is 0 Å². The van der Waals surface area contributed by atoms with Gasteiger partial charge in [0.1, 0.15) is 0 Å². The first kappa shape index (κ1) is 18.3. The number of nitrogens with one attached hydrogen (secondary N) is 1. The van der Waals surface area contributed by atoms with Crippen LogP contribution in [0.3, 0.4) is 0 Å². The van der Waals surface area contributed by atoms with Crippen molar-refractivity contribution < 1.29 is 9.59 Å². The first-order valence-electron chi connectivity index (χ1n) is 7.50. The zero-order chi connectivity index (χ0) is 17.5. The van der Waals surface area contributed by atoms with Gasteiger partial charge in [0.25, 0.3) is 0 Å². The van der Waals surface area contributed by atoms with Crippen molar-refractivity contribution in [2.45, 2.75) is 19.9 Å². The minimum atomic E-state index is -0.224. The third-order valence-corrected chi connectivity index (χ3v) is 4.31. The zero-order valence-corrected chi connectivity index (χ0v) is 14.8. The summed E-state index contributed by atoms with van der Waals surface area (Å²) < 4.78 is 0. The molecular weight excluding hydrogens is 347 g/mol. The Morgan fingerprint density at radius 1 is 1.04 bits per heavy atom. The monoisotopic (exact) mass is 364 g/mol. The van der Waals surface area contributed by atoms with E-state index in [1.807, 2.05) is 30.3 Å². The number of carbonyl (C=O) groups is 2. The van der Waals surface area contributed by atoms with E-state index < -0.39 is 0 Å². The van der Waals surface area contributed by atoms with E-state index in [4.69, 9.17) is 23.2 Å². The van der Waals surface area contributed by atoms with Crippen LogP contribution in [0.2, 0.25) is 10.0 Å². The van der Waals surface area contributed by atoms with Crippen LogP contribution < -0.4 is 5.32 Å². The smallest absolute Gasteiger partial charge is 0.226 e. The standard InChI is InChI=1S/C18H18Cl2N2O2/c1-13(23)22(12-14-6-3-2-4-7-14)11-10-17(24)21-16-9-5-8-15(19)18(16)20/h2-9H,10-12H2,1H3,(H,21,24). The molecule has 0 saturated carbocycles. The molecule has 2 aromatic carbocycles. The fourth-order valence-corrected chi connectivity index (χ4v) is 2.55. The lowest BCUT2D eigenvalue weighted by atomic mass is 10.2. The van der Waals surface area contributed by atoms with Crippen LogP contribution in [0.4, 0.5) is 5.69 Å². The molecule has 1 N–H and O–H groups in total. The van der Waals surface area contributed by atoms with Crippen molar-refractivity contribution in [3.05, 3.63) is 64.1 Å². The van der Waals surface area contributed by atoms with E-state index in [2.05, 4.69) is 5.32 Å². The molecule has 0 bridgehead atoms. The average molecular weight is 365 g/mol. The van der Waals surface area contributed by atoms with Gasteiger partial charge < -0.3 is 10.2 Å². The summed E-state index contributed by atoms with van der Waals surface area (Å²) in [6.45, 7) is 2.30. The molecule has 24 heavy (non-hydrogen) atoms. The minimum Gasteiger partial charge on any atom is -0.338 e. The molecule has 0 saturated heterocycles. The molecule has 2 aromatic rings. The number of hydrogen-bond acceptors (Lipinski definition) is 2. The number of amides is 2. The van der Waals surface area contributed by atoms with Crippen molar-refractivity contribution in [2.24, 2.45) is 0 Å². The van der Waals surface area contributed by atoms with Gasteiger partial charge >= 0.3 is 0 Å². The third kappa shape index (κ3) is 5.25. The van der Waals surface area contributed by atoms with E-state index in [0.29, 0.717) is 28.8 Å². The molecular formula is C18H18Cl2N2O2. The quantitative estimate of drug-likeness (QED) is 0.826. The Hall–Kier alpha value is -2.04. The molecule has 0 unspecified atom stereocenters. The molecule has 2 amide bonds. The highest BCUT2D eigenvalue weighted by molar-refractivity contribution is 6.43. The topological polar surface area (TPSA) is 49.4 Å². The minimum absolute atomic E-state index is 0.0764. The number of nitrogens with zero attached hydrogens (tertiary/aromatic N) is 1. The van der Waals surface area contributed by atoms with Crippen molar-refractivity contribution in [3.63, 3.8) is 0 Å². The van der Waals surface area contributed by atoms with Gasteiger partial charge in [0.05, 0.1) is 15.7 Å². The van der Waals surface area contributed by atoms with Gasteiger partial charge in [0, 0.05) is 26.4 Å². The Balaban J connectivity index is 1.93. The first-order chi connectivity index (χ1) is 11.5. The molecule has 2 rings (SSSR count). The van der Waals surface area contributed by atoms with E-state index in [9.17, 15) is 9.59 Å². The van der Waals surface area contributed by atoms with Crippen LogP contribution in [0.15, 0.2) is 48.5 Å². The predicted molar refractivity (Wildman–Crippen MR) is 97.2 cm³/mol. The van der Waals surface area contributed by atoms with Gasteiger partial charge in [-0.25, -0.2) is 0 Å². The van der Waals surface area contributed by atoms with E-state index in [0.717, 1.165) is 5.56 Å². The lowest BCUT2D eigenvalue weighted by Crippen LogP contribution is -2.31. The van der Waals surface area contributed by atoms with Gasteiger partial charge in [-0.1, -0.05) is 59.6 Å². The highest BCUT2D eigenvalue weighted by atomic mass is 35.5. The fourth-order valence-electron chi connectivity index (χ4n) is 2.20. The summed E-state index contributed by atoms with van der Waals surface area (Å²) in [6, 6.07) is 14.7. The molecule has 126 valence electrons. The Morgan fingerprint density at radius 3 is 2.42 bits per heavy atom. The summed E-state index contributed by atoms with van der Waals surface area (Å²) in [5.41, 5.74) is 1.48. The molecule has 4 nitrogen and oxygen atoms in total. The number of benzene rings is 2. The highest BCUT2D eigenvalue weighted by Crippen LogP contribution is 2.29. The molecule has 0 spiro atoms. The summed E-state index contributed by atoms with van der Waals surface area (Å²) in [5, 5.41) is 3.40. The summed E-state index contributed by atoms with van der Waals surface area (Å²) in [6.07, 6.45) is 0.176. The van der Waals surface area contributed by atoms with Crippen molar-refractivity contribution in [1.82, 2.24) is 4.90 Å². The van der Waals surface area contributed by atoms with Crippen LogP contribution in [0.1, 0.15) is 18.9 Å². The molecule has 0 aliphatic carbocycles. The number of anilines is 1. The van der Waals surface area contributed by atoms with Crippen molar-refractivity contribution in [1.29, 1.82) is 0 Å². The van der Waals surface area contributed by atoms with Gasteiger partial charge in [-0.05, 0) is 17.7 Å². The molecule has 0 radical (unpaired) electrons. The van der Waals surface area contributed by atoms with Gasteiger partial charge in [0.2, 0.25) is 11.8 Å². The second kappa shape index (κ2) is 8.71. The van der Waals surface area contributed by atoms with Gasteiger partial charge in [-0.3, -0.25) is 9.59 Å². The van der Waals surface area contributed by atoms with E-state index >= 15 is 0 Å². The normalized spacial score (nSPS) is 10.3. The second-order valence-corrected chi connectivity index (χ2v) is 6.11. The Kier molecular flexibility index (Phi) is 6.64. The van der Waals surface area contributed by atoms with Crippen LogP contribution >= 0.6 is 23.2 Å². The van der Waals surface area contributed by atoms with Crippen LogP contribution in [0, 0.1) is 0 Å². The van der Waals surface area contributed by atoms with E-state index in [-0.39, 0.29) is 18.2 Å². The number of rotatable bonds is 6. The summed E-state index contributed by atoms with van der Waals surface area (Å²) in [5.74, 6) is -0.300. The van der Waals surface area contributed by atoms with Crippen LogP contribution in [0.25, 0.3) is 0 Å². The van der Waals surface area contributed by atoms with Gasteiger partial charge in [-0.15, -0.1) is 0 Å². The lowest BCUT2D eigenvalue weighted by molar-refractivity contribution is -0.129. The average Bonchev–Trinajstić information content (AvgIpc) is 2.56. The molecule has 0 aromatic heterocycles. The van der Waals surface area contributed by atoms with Crippen LogP contribution in [-0.4, -0.2) is 23.3 Å². The molecule has 0 aliphatic heterocycles. The summed E-state index contributed by atoms with van der Waals surface area (Å²) in [4.78, 5) is 25.5. The molecule has 0 heterocycles.